The maximum absolute atomic E-state index is 12.1. The number of hydrogen-bond acceptors (Lipinski definition) is 3. The molecule has 5 heteroatoms. The summed E-state index contributed by atoms with van der Waals surface area (Å²) < 4.78 is 5.10. The van der Waals surface area contributed by atoms with E-state index in [-0.39, 0.29) is 17.7 Å². The van der Waals surface area contributed by atoms with Crippen molar-refractivity contribution in [2.75, 3.05) is 18.6 Å². The lowest BCUT2D eigenvalue weighted by molar-refractivity contribution is -0.126. The number of hydrogen-bond donors (Lipinski definition) is 1. The Balaban J connectivity index is 1.67. The fourth-order valence-corrected chi connectivity index (χ4v) is 2.44. The summed E-state index contributed by atoms with van der Waals surface area (Å²) in [4.78, 5) is 25.7. The van der Waals surface area contributed by atoms with Crippen molar-refractivity contribution >= 4 is 17.5 Å². The fourth-order valence-electron chi connectivity index (χ4n) is 2.44. The van der Waals surface area contributed by atoms with Crippen LogP contribution in [-0.2, 0) is 9.59 Å². The van der Waals surface area contributed by atoms with Crippen LogP contribution in [0.4, 0.5) is 5.69 Å². The van der Waals surface area contributed by atoms with E-state index in [0.717, 1.165) is 24.3 Å². The average molecular weight is 274 g/mol. The molecule has 0 spiro atoms. The van der Waals surface area contributed by atoms with Gasteiger partial charge in [-0.2, -0.15) is 0 Å². The second-order valence-electron chi connectivity index (χ2n) is 5.39. The van der Waals surface area contributed by atoms with Crippen LogP contribution in [0.2, 0.25) is 0 Å². The highest BCUT2D eigenvalue weighted by molar-refractivity contribution is 6.00. The molecular weight excluding hydrogens is 256 g/mol. The van der Waals surface area contributed by atoms with Crippen molar-refractivity contribution in [1.82, 2.24) is 5.32 Å². The quantitative estimate of drug-likeness (QED) is 0.901. The summed E-state index contributed by atoms with van der Waals surface area (Å²) in [7, 11) is 1.61. The molecule has 106 valence electrons. The number of nitrogens with zero attached hydrogens (tertiary/aromatic N) is 1. The first-order valence-corrected chi connectivity index (χ1v) is 6.92. The largest absolute Gasteiger partial charge is 0.497 e. The lowest BCUT2D eigenvalue weighted by Gasteiger charge is -2.17. The summed E-state index contributed by atoms with van der Waals surface area (Å²) in [5.41, 5.74) is 0.817. The van der Waals surface area contributed by atoms with Gasteiger partial charge in [-0.25, -0.2) is 0 Å². The Labute approximate surface area is 117 Å². The summed E-state index contributed by atoms with van der Waals surface area (Å²) in [5.74, 6) is 0.539. The van der Waals surface area contributed by atoms with E-state index < -0.39 is 0 Å². The third kappa shape index (κ3) is 2.61. The lowest BCUT2D eigenvalue weighted by atomic mass is 10.1. The molecule has 1 aromatic rings. The van der Waals surface area contributed by atoms with Gasteiger partial charge in [-0.3, -0.25) is 9.59 Å². The maximum atomic E-state index is 12.1. The molecule has 1 aliphatic heterocycles. The predicted molar refractivity (Wildman–Crippen MR) is 74.6 cm³/mol. The monoisotopic (exact) mass is 274 g/mol. The van der Waals surface area contributed by atoms with E-state index in [0.29, 0.717) is 19.0 Å². The van der Waals surface area contributed by atoms with Gasteiger partial charge in [0.1, 0.15) is 5.75 Å². The number of amides is 2. The van der Waals surface area contributed by atoms with Crippen LogP contribution in [0.5, 0.6) is 5.75 Å². The second kappa shape index (κ2) is 5.15. The predicted octanol–water partition coefficient (Wildman–Crippen LogP) is 1.33. The second-order valence-corrected chi connectivity index (χ2v) is 5.39. The van der Waals surface area contributed by atoms with Gasteiger partial charge in [0.15, 0.2) is 0 Å². The minimum atomic E-state index is -0.231. The molecule has 2 amide bonds. The zero-order chi connectivity index (χ0) is 14.1. The van der Waals surface area contributed by atoms with Crippen molar-refractivity contribution in [3.05, 3.63) is 24.3 Å². The molecule has 2 fully saturated rings. The summed E-state index contributed by atoms with van der Waals surface area (Å²) in [6.45, 7) is 0.462. The highest BCUT2D eigenvalue weighted by Crippen LogP contribution is 2.28. The molecule has 1 aliphatic carbocycles. The number of rotatable bonds is 4. The first-order chi connectivity index (χ1) is 9.67. The molecule has 1 atom stereocenters. The topological polar surface area (TPSA) is 58.6 Å². The lowest BCUT2D eigenvalue weighted by Crippen LogP contribution is -2.34. The van der Waals surface area contributed by atoms with Crippen molar-refractivity contribution in [1.29, 1.82) is 0 Å². The maximum Gasteiger partial charge on any atom is 0.227 e. The molecule has 3 rings (SSSR count). The van der Waals surface area contributed by atoms with Gasteiger partial charge in [-0.15, -0.1) is 0 Å². The van der Waals surface area contributed by atoms with Crippen LogP contribution in [0.25, 0.3) is 0 Å². The van der Waals surface area contributed by atoms with E-state index in [1.54, 1.807) is 12.0 Å². The van der Waals surface area contributed by atoms with Crippen molar-refractivity contribution in [3.8, 4) is 5.75 Å². The third-order valence-electron chi connectivity index (χ3n) is 3.80. The summed E-state index contributed by atoms with van der Waals surface area (Å²) >= 11 is 0. The van der Waals surface area contributed by atoms with E-state index in [9.17, 15) is 9.59 Å². The van der Waals surface area contributed by atoms with Gasteiger partial charge in [-0.1, -0.05) is 0 Å². The Hall–Kier alpha value is -2.04. The zero-order valence-corrected chi connectivity index (χ0v) is 11.5. The van der Waals surface area contributed by atoms with Crippen LogP contribution in [0.1, 0.15) is 19.3 Å². The van der Waals surface area contributed by atoms with Gasteiger partial charge in [0.25, 0.3) is 0 Å². The summed E-state index contributed by atoms with van der Waals surface area (Å²) in [5, 5.41) is 2.97. The first kappa shape index (κ1) is 13.0. The van der Waals surface area contributed by atoms with Crippen LogP contribution < -0.4 is 15.0 Å². The number of carbonyl (C=O) groups excluding carboxylic acids is 2. The molecule has 1 aromatic carbocycles. The van der Waals surface area contributed by atoms with Crippen LogP contribution >= 0.6 is 0 Å². The number of anilines is 1. The van der Waals surface area contributed by atoms with Gasteiger partial charge in [0.2, 0.25) is 11.8 Å². The highest BCUT2D eigenvalue weighted by Gasteiger charge is 2.37. The van der Waals surface area contributed by atoms with Gasteiger partial charge in [0, 0.05) is 24.7 Å². The molecule has 0 bridgehead atoms. The molecular formula is C15H18N2O3. The van der Waals surface area contributed by atoms with E-state index in [1.807, 2.05) is 24.3 Å². The number of carbonyl (C=O) groups is 2. The molecule has 5 nitrogen and oxygen atoms in total. The average Bonchev–Trinajstić information content (AvgIpc) is 3.19. The van der Waals surface area contributed by atoms with Gasteiger partial charge < -0.3 is 15.0 Å². The van der Waals surface area contributed by atoms with Gasteiger partial charge in [0.05, 0.1) is 13.0 Å². The SMILES string of the molecule is COc1ccc(N2C[C@@H](C(=O)NC3CC3)CC2=O)cc1. The van der Waals surface area contributed by atoms with Crippen molar-refractivity contribution < 1.29 is 14.3 Å². The molecule has 1 N–H and O–H groups in total. The number of benzene rings is 1. The molecule has 2 aliphatic rings. The van der Waals surface area contributed by atoms with E-state index >= 15 is 0 Å². The minimum absolute atomic E-state index is 0.00566. The van der Waals surface area contributed by atoms with Gasteiger partial charge in [-0.05, 0) is 37.1 Å². The summed E-state index contributed by atoms with van der Waals surface area (Å²) in [6.07, 6.45) is 2.42. The minimum Gasteiger partial charge on any atom is -0.497 e. The molecule has 0 unspecified atom stereocenters. The third-order valence-corrected chi connectivity index (χ3v) is 3.80. The Morgan fingerprint density at radius 3 is 2.60 bits per heavy atom. The van der Waals surface area contributed by atoms with Gasteiger partial charge >= 0.3 is 0 Å². The van der Waals surface area contributed by atoms with Crippen molar-refractivity contribution in [2.24, 2.45) is 5.92 Å². The van der Waals surface area contributed by atoms with Crippen LogP contribution in [-0.4, -0.2) is 31.5 Å². The first-order valence-electron chi connectivity index (χ1n) is 6.92. The summed E-state index contributed by atoms with van der Waals surface area (Å²) in [6, 6.07) is 7.67. The number of nitrogens with one attached hydrogen (secondary N) is 1. The molecule has 0 radical (unpaired) electrons. The van der Waals surface area contributed by atoms with Crippen LogP contribution in [0, 0.1) is 5.92 Å². The Morgan fingerprint density at radius 1 is 1.30 bits per heavy atom. The fraction of sp³-hybridized carbons (Fsp3) is 0.467. The van der Waals surface area contributed by atoms with E-state index in [1.165, 1.54) is 0 Å². The molecule has 1 saturated carbocycles. The van der Waals surface area contributed by atoms with Crippen LogP contribution in [0.3, 0.4) is 0 Å². The molecule has 0 aromatic heterocycles. The van der Waals surface area contributed by atoms with Crippen molar-refractivity contribution in [2.45, 2.75) is 25.3 Å². The molecule has 1 saturated heterocycles. The Bertz CT molecular complexity index is 522. The van der Waals surface area contributed by atoms with E-state index in [4.69, 9.17) is 4.74 Å². The van der Waals surface area contributed by atoms with E-state index in [2.05, 4.69) is 5.32 Å². The van der Waals surface area contributed by atoms with Crippen molar-refractivity contribution in [3.63, 3.8) is 0 Å². The number of ether oxygens (including phenoxy) is 1. The standard InChI is InChI=1S/C15H18N2O3/c1-20-13-6-4-12(5-7-13)17-9-10(8-14(17)18)15(19)16-11-2-3-11/h4-7,10-11H,2-3,8-9H2,1H3,(H,16,19)/t10-/m0/s1. The normalized spacial score (nSPS) is 21.9. The Kier molecular flexibility index (Phi) is 3.34. The number of methoxy groups -OCH3 is 1. The molecule has 20 heavy (non-hydrogen) atoms. The van der Waals surface area contributed by atoms with Crippen LogP contribution in [0.15, 0.2) is 24.3 Å². The zero-order valence-electron chi connectivity index (χ0n) is 11.5. The Morgan fingerprint density at radius 2 is 2.00 bits per heavy atom. The highest BCUT2D eigenvalue weighted by atomic mass is 16.5. The smallest absolute Gasteiger partial charge is 0.227 e. The molecule has 1 heterocycles.